The summed E-state index contributed by atoms with van der Waals surface area (Å²) in [7, 11) is 0. The van der Waals surface area contributed by atoms with E-state index in [-0.39, 0.29) is 23.6 Å². The first kappa shape index (κ1) is 34.1. The number of carbonyl (C=O) groups is 1. The Bertz CT molecular complexity index is 1140. The first-order valence-corrected chi connectivity index (χ1v) is 15.5. The van der Waals surface area contributed by atoms with Gasteiger partial charge in [-0.05, 0) is 13.3 Å². The van der Waals surface area contributed by atoms with Gasteiger partial charge in [0, 0.05) is 23.6 Å². The molecule has 2 aromatic rings. The molecule has 1 heterocycles. The average Bonchev–Trinajstić information content (AvgIpc) is 3.32. The zero-order valence-electron chi connectivity index (χ0n) is 25.8. The van der Waals surface area contributed by atoms with Gasteiger partial charge in [-0.1, -0.05) is 111 Å². The molecule has 9 heteroatoms. The molecule has 0 radical (unpaired) electrons. The fraction of sp³-hybridized carbons (Fsp3) is 0.688. The first-order valence-electron chi connectivity index (χ1n) is 15.5. The third kappa shape index (κ3) is 11.4. The molecule has 0 saturated heterocycles. The van der Waals surface area contributed by atoms with Crippen molar-refractivity contribution in [3.63, 3.8) is 0 Å². The van der Waals surface area contributed by atoms with E-state index in [0.29, 0.717) is 12.4 Å². The summed E-state index contributed by atoms with van der Waals surface area (Å²) in [5.74, 6) is -0.212. The van der Waals surface area contributed by atoms with E-state index < -0.39 is 27.6 Å². The van der Waals surface area contributed by atoms with E-state index in [9.17, 15) is 19.7 Å². The number of hydrogen-bond donors (Lipinski definition) is 0. The fourth-order valence-corrected chi connectivity index (χ4v) is 4.69. The number of unbranched alkanes of at least 4 members (excludes halogenated alkanes) is 13. The fourth-order valence-electron chi connectivity index (χ4n) is 4.69. The maximum atomic E-state index is 12.7. The molecular formula is C32H50N2O7. The van der Waals surface area contributed by atoms with Crippen LogP contribution in [0.25, 0.3) is 5.69 Å². The monoisotopic (exact) mass is 574 g/mol. The molecule has 41 heavy (non-hydrogen) atoms. The summed E-state index contributed by atoms with van der Waals surface area (Å²) in [6.07, 6.45) is 17.3. The van der Waals surface area contributed by atoms with Gasteiger partial charge in [-0.25, -0.2) is 4.79 Å². The average molecular weight is 575 g/mol. The van der Waals surface area contributed by atoms with Gasteiger partial charge in [0.15, 0.2) is 5.69 Å². The number of hydrogen-bond acceptors (Lipinski definition) is 7. The van der Waals surface area contributed by atoms with Crippen molar-refractivity contribution in [3.8, 4) is 11.4 Å². The number of rotatable bonds is 20. The maximum Gasteiger partial charge on any atom is 0.342 e. The Morgan fingerprint density at radius 1 is 0.878 bits per heavy atom. The minimum absolute atomic E-state index is 0.0525. The number of esters is 1. The lowest BCUT2D eigenvalue weighted by Gasteiger charge is -2.14. The van der Waals surface area contributed by atoms with E-state index in [0.717, 1.165) is 30.1 Å². The molecule has 9 nitrogen and oxygen atoms in total. The van der Waals surface area contributed by atoms with Crippen LogP contribution >= 0.6 is 0 Å². The topological polar surface area (TPSA) is 114 Å². The van der Waals surface area contributed by atoms with Crippen molar-refractivity contribution < 1.29 is 23.7 Å². The van der Waals surface area contributed by atoms with Gasteiger partial charge in [-0.15, -0.1) is 4.74 Å². The van der Waals surface area contributed by atoms with Crippen molar-refractivity contribution in [3.05, 3.63) is 50.0 Å². The van der Waals surface area contributed by atoms with Gasteiger partial charge in [0.25, 0.3) is 11.2 Å². The molecule has 0 atom stereocenters. The Morgan fingerprint density at radius 3 is 1.88 bits per heavy atom. The molecule has 0 fully saturated rings. The van der Waals surface area contributed by atoms with Crippen LogP contribution in [0.15, 0.2) is 27.5 Å². The van der Waals surface area contributed by atoms with Crippen molar-refractivity contribution in [2.75, 3.05) is 13.2 Å². The van der Waals surface area contributed by atoms with Crippen LogP contribution in [0.3, 0.4) is 0 Å². The molecule has 0 N–H and O–H groups in total. The number of aromatic nitrogens is 1. The standard InChI is InChI=1S/C32H50N2O7/c1-6-8-9-10-11-12-13-14-15-16-17-18-19-20-21-40-28-23-26(33-30(35)24-29(41-33)32(3,4)5)27(34(37)38)22-25(28)31(36)39-7-2/h22-24H,6-21H2,1-5H3. The lowest BCUT2D eigenvalue weighted by atomic mass is 9.94. The van der Waals surface area contributed by atoms with Gasteiger partial charge < -0.3 is 14.0 Å². The SMILES string of the molecule is CCCCCCCCCCCCCCCCOc1cc(-n2oc(C(C)(C)C)cc2=O)c([N+](=O)[O-])cc1C(=O)OCC. The molecule has 230 valence electrons. The van der Waals surface area contributed by atoms with E-state index >= 15 is 0 Å². The Kier molecular flexibility index (Phi) is 14.7. The second-order valence-corrected chi connectivity index (χ2v) is 11.7. The van der Waals surface area contributed by atoms with Gasteiger partial charge in [0.05, 0.1) is 18.1 Å². The van der Waals surface area contributed by atoms with Gasteiger partial charge in [-0.2, -0.15) is 0 Å². The molecule has 0 aliphatic heterocycles. The van der Waals surface area contributed by atoms with E-state index in [1.165, 1.54) is 82.8 Å². The Balaban J connectivity index is 1.96. The van der Waals surface area contributed by atoms with Crippen LogP contribution in [0.2, 0.25) is 0 Å². The molecule has 1 aromatic carbocycles. The highest BCUT2D eigenvalue weighted by molar-refractivity contribution is 5.94. The van der Waals surface area contributed by atoms with Gasteiger partial charge in [0.2, 0.25) is 0 Å². The number of benzene rings is 1. The predicted molar refractivity (Wildman–Crippen MR) is 161 cm³/mol. The Hall–Kier alpha value is -3.10. The quantitative estimate of drug-likeness (QED) is 0.0672. The lowest BCUT2D eigenvalue weighted by molar-refractivity contribution is -0.384. The van der Waals surface area contributed by atoms with E-state index in [1.807, 2.05) is 20.8 Å². The van der Waals surface area contributed by atoms with Crippen molar-refractivity contribution in [1.82, 2.24) is 4.74 Å². The van der Waals surface area contributed by atoms with Crippen LogP contribution in [0.5, 0.6) is 5.75 Å². The van der Waals surface area contributed by atoms with Crippen molar-refractivity contribution in [2.24, 2.45) is 0 Å². The van der Waals surface area contributed by atoms with Gasteiger partial charge in [-0.3, -0.25) is 14.9 Å². The van der Waals surface area contributed by atoms with E-state index in [4.69, 9.17) is 14.0 Å². The molecule has 0 aliphatic carbocycles. The lowest BCUT2D eigenvalue weighted by Crippen LogP contribution is -2.15. The molecule has 0 amide bonds. The first-order chi connectivity index (χ1) is 19.6. The van der Waals surface area contributed by atoms with Gasteiger partial charge in [0.1, 0.15) is 17.1 Å². The van der Waals surface area contributed by atoms with Crippen LogP contribution in [-0.2, 0) is 10.2 Å². The largest absolute Gasteiger partial charge is 0.493 e. The molecule has 0 aliphatic rings. The Morgan fingerprint density at radius 2 is 1.41 bits per heavy atom. The summed E-state index contributed by atoms with van der Waals surface area (Å²) in [6, 6.07) is 3.74. The number of carbonyl (C=O) groups excluding carboxylic acids is 1. The number of nitrogens with zero attached hydrogens (tertiary/aromatic N) is 2. The number of nitro benzene ring substituents is 1. The molecule has 2 rings (SSSR count). The molecule has 0 bridgehead atoms. The number of nitro groups is 1. The molecule has 0 unspecified atom stereocenters. The number of ether oxygens (including phenoxy) is 2. The zero-order valence-corrected chi connectivity index (χ0v) is 25.8. The molecule has 0 saturated carbocycles. The summed E-state index contributed by atoms with van der Waals surface area (Å²) in [4.78, 5) is 36.6. The smallest absolute Gasteiger partial charge is 0.342 e. The van der Waals surface area contributed by atoms with Gasteiger partial charge >= 0.3 is 5.97 Å². The summed E-state index contributed by atoms with van der Waals surface area (Å²) < 4.78 is 17.7. The third-order valence-corrected chi connectivity index (χ3v) is 7.13. The van der Waals surface area contributed by atoms with Crippen molar-refractivity contribution in [2.45, 2.75) is 130 Å². The van der Waals surface area contributed by atoms with Crippen LogP contribution in [0, 0.1) is 10.1 Å². The normalized spacial score (nSPS) is 11.5. The minimum atomic E-state index is -0.722. The highest BCUT2D eigenvalue weighted by Crippen LogP contribution is 2.33. The molecule has 1 aromatic heterocycles. The third-order valence-electron chi connectivity index (χ3n) is 7.13. The second-order valence-electron chi connectivity index (χ2n) is 11.7. The van der Waals surface area contributed by atoms with Crippen LogP contribution in [0.1, 0.15) is 141 Å². The highest BCUT2D eigenvalue weighted by atomic mass is 16.6. The maximum absolute atomic E-state index is 12.7. The van der Waals surface area contributed by atoms with E-state index in [2.05, 4.69) is 6.92 Å². The van der Waals surface area contributed by atoms with Crippen LogP contribution < -0.4 is 10.3 Å². The van der Waals surface area contributed by atoms with Crippen LogP contribution in [0.4, 0.5) is 5.69 Å². The zero-order chi connectivity index (χ0) is 30.3. The minimum Gasteiger partial charge on any atom is -0.493 e. The predicted octanol–water partition coefficient (Wildman–Crippen LogP) is 8.67. The molecule has 0 spiro atoms. The van der Waals surface area contributed by atoms with Crippen molar-refractivity contribution in [1.29, 1.82) is 0 Å². The summed E-state index contributed by atoms with van der Waals surface area (Å²) in [6.45, 7) is 9.98. The van der Waals surface area contributed by atoms with Crippen LogP contribution in [-0.4, -0.2) is 28.8 Å². The summed E-state index contributed by atoms with van der Waals surface area (Å²) >= 11 is 0. The Labute approximate surface area is 244 Å². The molecular weight excluding hydrogens is 524 g/mol. The van der Waals surface area contributed by atoms with E-state index in [1.54, 1.807) is 6.92 Å². The summed E-state index contributed by atoms with van der Waals surface area (Å²) in [5, 5.41) is 11.9. The summed E-state index contributed by atoms with van der Waals surface area (Å²) in [5.41, 5.74) is -1.62. The second kappa shape index (κ2) is 17.7. The van der Waals surface area contributed by atoms with Crippen molar-refractivity contribution >= 4 is 11.7 Å². The highest BCUT2D eigenvalue weighted by Gasteiger charge is 2.28.